The Kier molecular flexibility index (Phi) is 52.9. The second-order valence-electron chi connectivity index (χ2n) is 18.4. The van der Waals surface area contributed by atoms with E-state index in [0.29, 0.717) is 19.3 Å². The number of carbonyl (C=O) groups excluding carboxylic acids is 3. The van der Waals surface area contributed by atoms with Crippen LogP contribution in [-0.4, -0.2) is 37.2 Å². The molecule has 388 valence electrons. The normalized spacial score (nSPS) is 12.8. The Morgan fingerprint density at radius 1 is 0.309 bits per heavy atom. The zero-order valence-corrected chi connectivity index (χ0v) is 44.3. The van der Waals surface area contributed by atoms with E-state index in [9.17, 15) is 14.4 Å². The van der Waals surface area contributed by atoms with Gasteiger partial charge < -0.3 is 14.2 Å². The minimum Gasteiger partial charge on any atom is -0.462 e. The van der Waals surface area contributed by atoms with Crippen LogP contribution in [0.4, 0.5) is 0 Å². The summed E-state index contributed by atoms with van der Waals surface area (Å²) in [6.45, 7) is 6.37. The van der Waals surface area contributed by atoms with E-state index in [0.717, 1.165) is 96.3 Å². The average molecular weight is 946 g/mol. The summed E-state index contributed by atoms with van der Waals surface area (Å²) in [6, 6.07) is 0. The van der Waals surface area contributed by atoms with Crippen LogP contribution in [0.15, 0.2) is 97.2 Å². The molecule has 6 heteroatoms. The fraction of sp³-hybridized carbons (Fsp3) is 0.694. The monoisotopic (exact) mass is 945 g/mol. The number of ether oxygens (including phenoxy) is 3. The van der Waals surface area contributed by atoms with Crippen molar-refractivity contribution in [1.82, 2.24) is 0 Å². The molecule has 0 aromatic carbocycles. The molecule has 6 nitrogen and oxygen atoms in total. The summed E-state index contributed by atoms with van der Waals surface area (Å²) in [5.74, 6) is -0.975. The Balaban J connectivity index is 4.47. The van der Waals surface area contributed by atoms with Gasteiger partial charge in [0.2, 0.25) is 0 Å². The van der Waals surface area contributed by atoms with Gasteiger partial charge in [0.25, 0.3) is 0 Å². The molecule has 1 unspecified atom stereocenters. The minimum absolute atomic E-state index is 0.105. The highest BCUT2D eigenvalue weighted by atomic mass is 16.6. The van der Waals surface area contributed by atoms with Crippen LogP contribution in [0, 0.1) is 0 Å². The summed E-state index contributed by atoms with van der Waals surface area (Å²) in [5.41, 5.74) is 0. The fourth-order valence-electron chi connectivity index (χ4n) is 7.63. The van der Waals surface area contributed by atoms with Crippen molar-refractivity contribution in [1.29, 1.82) is 0 Å². The number of hydrogen-bond donors (Lipinski definition) is 0. The first kappa shape index (κ1) is 64.3. The molecule has 0 N–H and O–H groups in total. The molecule has 0 rings (SSSR count). The lowest BCUT2D eigenvalue weighted by atomic mass is 10.1. The van der Waals surface area contributed by atoms with Gasteiger partial charge in [-0.1, -0.05) is 227 Å². The standard InChI is InChI=1S/C62H104O6/c1-4-7-10-13-16-19-22-25-28-30-31-33-34-37-40-43-46-49-52-55-61(64)67-58-59(57-66-60(63)54-51-48-45-42-39-36-27-24-21-18-15-12-9-6-3)68-62(65)56-53-50-47-44-41-38-35-32-29-26-23-20-17-14-11-8-5-2/h8-9,11-12,17-18,20-21,26,29-31,35,38,44,47,59H,4-7,10,13-16,19,22-25,27-28,32-34,36-37,39-43,45-46,48-58H2,1-3H3/b11-8-,12-9-,20-17-,21-18-,29-26-,31-30-,38-35-,47-44-. The third kappa shape index (κ3) is 53.3. The number of unbranched alkanes of at least 4 members (excludes halogenated alkanes) is 23. The van der Waals surface area contributed by atoms with Crippen LogP contribution < -0.4 is 0 Å². The van der Waals surface area contributed by atoms with Crippen molar-refractivity contribution in [3.8, 4) is 0 Å². The summed E-state index contributed by atoms with van der Waals surface area (Å²) in [7, 11) is 0. The van der Waals surface area contributed by atoms with Gasteiger partial charge in [0, 0.05) is 19.3 Å². The minimum atomic E-state index is -0.813. The number of rotatable bonds is 50. The first-order chi connectivity index (χ1) is 33.5. The van der Waals surface area contributed by atoms with E-state index in [-0.39, 0.29) is 37.5 Å². The highest BCUT2D eigenvalue weighted by molar-refractivity contribution is 5.71. The molecule has 0 aliphatic carbocycles. The van der Waals surface area contributed by atoms with Crippen molar-refractivity contribution >= 4 is 17.9 Å². The number of hydrogen-bond acceptors (Lipinski definition) is 6. The molecule has 0 bridgehead atoms. The highest BCUT2D eigenvalue weighted by Gasteiger charge is 2.19. The summed E-state index contributed by atoms with van der Waals surface area (Å²) in [4.78, 5) is 38.1. The third-order valence-electron chi connectivity index (χ3n) is 11.8. The van der Waals surface area contributed by atoms with Gasteiger partial charge in [0.1, 0.15) is 13.2 Å². The van der Waals surface area contributed by atoms with Crippen molar-refractivity contribution in [3.63, 3.8) is 0 Å². The van der Waals surface area contributed by atoms with Crippen LogP contribution in [0.1, 0.15) is 258 Å². The topological polar surface area (TPSA) is 78.9 Å². The molecular weight excluding hydrogens is 841 g/mol. The zero-order valence-electron chi connectivity index (χ0n) is 44.3. The molecule has 0 amide bonds. The van der Waals surface area contributed by atoms with Crippen molar-refractivity contribution < 1.29 is 28.6 Å². The van der Waals surface area contributed by atoms with E-state index >= 15 is 0 Å². The molecular formula is C62H104O6. The maximum absolute atomic E-state index is 12.8. The van der Waals surface area contributed by atoms with E-state index < -0.39 is 6.10 Å². The molecule has 1 atom stereocenters. The predicted molar refractivity (Wildman–Crippen MR) is 293 cm³/mol. The van der Waals surface area contributed by atoms with E-state index in [1.54, 1.807) is 0 Å². The van der Waals surface area contributed by atoms with Gasteiger partial charge in [-0.2, -0.15) is 0 Å². The Labute approximate surface area is 419 Å². The predicted octanol–water partition coefficient (Wildman–Crippen LogP) is 18.9. The van der Waals surface area contributed by atoms with Crippen molar-refractivity contribution in [2.75, 3.05) is 13.2 Å². The lowest BCUT2D eigenvalue weighted by Gasteiger charge is -2.18. The molecule has 0 aromatic heterocycles. The summed E-state index contributed by atoms with van der Waals surface area (Å²) in [6.07, 6.45) is 74.0. The Morgan fingerprint density at radius 2 is 0.588 bits per heavy atom. The zero-order chi connectivity index (χ0) is 49.3. The molecule has 68 heavy (non-hydrogen) atoms. The first-order valence-corrected chi connectivity index (χ1v) is 28.2. The van der Waals surface area contributed by atoms with Crippen LogP contribution in [-0.2, 0) is 28.6 Å². The Bertz CT molecular complexity index is 1360. The van der Waals surface area contributed by atoms with Gasteiger partial charge >= 0.3 is 17.9 Å². The maximum atomic E-state index is 12.8. The summed E-state index contributed by atoms with van der Waals surface area (Å²) >= 11 is 0. The molecule has 0 saturated carbocycles. The first-order valence-electron chi connectivity index (χ1n) is 28.2. The summed E-state index contributed by atoms with van der Waals surface area (Å²) in [5, 5.41) is 0. The van der Waals surface area contributed by atoms with Crippen molar-refractivity contribution in [2.24, 2.45) is 0 Å². The van der Waals surface area contributed by atoms with Gasteiger partial charge in [-0.25, -0.2) is 0 Å². The largest absolute Gasteiger partial charge is 0.462 e. The molecule has 0 aliphatic rings. The molecule has 0 aromatic rings. The lowest BCUT2D eigenvalue weighted by molar-refractivity contribution is -0.167. The van der Waals surface area contributed by atoms with E-state index in [4.69, 9.17) is 14.2 Å². The molecule has 0 saturated heterocycles. The van der Waals surface area contributed by atoms with E-state index in [1.807, 2.05) is 0 Å². The Hall–Kier alpha value is -3.67. The highest BCUT2D eigenvalue weighted by Crippen LogP contribution is 2.14. The quantitative estimate of drug-likeness (QED) is 0.0262. The molecule has 0 heterocycles. The van der Waals surface area contributed by atoms with Crippen LogP contribution in [0.3, 0.4) is 0 Å². The van der Waals surface area contributed by atoms with Gasteiger partial charge in [0.05, 0.1) is 0 Å². The molecule has 0 spiro atoms. The molecule has 0 aliphatic heterocycles. The second kappa shape index (κ2) is 55.9. The Morgan fingerprint density at radius 3 is 0.956 bits per heavy atom. The SMILES string of the molecule is CC/C=C\C/C=C\C/C=C\C/C=C\C/C=C\CCCC(=O)OC(COC(=O)CCCCCCCCC/C=C\C/C=C\CC)COC(=O)CCCCCCCCC/C=C\CCCCCCCCCC. The van der Waals surface area contributed by atoms with Crippen LogP contribution in [0.5, 0.6) is 0 Å². The van der Waals surface area contributed by atoms with Gasteiger partial charge in [0.15, 0.2) is 6.10 Å². The van der Waals surface area contributed by atoms with Gasteiger partial charge in [-0.15, -0.1) is 0 Å². The summed E-state index contributed by atoms with van der Waals surface area (Å²) < 4.78 is 16.8. The van der Waals surface area contributed by atoms with Crippen molar-refractivity contribution in [3.05, 3.63) is 97.2 Å². The molecule has 0 radical (unpaired) electrons. The maximum Gasteiger partial charge on any atom is 0.306 e. The van der Waals surface area contributed by atoms with Crippen LogP contribution in [0.2, 0.25) is 0 Å². The van der Waals surface area contributed by atoms with Crippen molar-refractivity contribution in [2.45, 2.75) is 264 Å². The van der Waals surface area contributed by atoms with Gasteiger partial charge in [-0.3, -0.25) is 14.4 Å². The number of allylic oxidation sites excluding steroid dienone is 16. The lowest BCUT2D eigenvalue weighted by Crippen LogP contribution is -2.30. The van der Waals surface area contributed by atoms with Crippen LogP contribution in [0.25, 0.3) is 0 Å². The second-order valence-corrected chi connectivity index (χ2v) is 18.4. The number of carbonyl (C=O) groups is 3. The molecule has 0 fully saturated rings. The average Bonchev–Trinajstić information content (AvgIpc) is 3.34. The van der Waals surface area contributed by atoms with E-state index in [2.05, 4.69) is 118 Å². The van der Waals surface area contributed by atoms with Gasteiger partial charge in [-0.05, 0) is 109 Å². The van der Waals surface area contributed by atoms with Crippen LogP contribution >= 0.6 is 0 Å². The third-order valence-corrected chi connectivity index (χ3v) is 11.8. The smallest absolute Gasteiger partial charge is 0.306 e. The van der Waals surface area contributed by atoms with E-state index in [1.165, 1.54) is 116 Å². The number of esters is 3. The fourth-order valence-corrected chi connectivity index (χ4v) is 7.63.